The Balaban J connectivity index is 3.17. The van der Waals surface area contributed by atoms with E-state index in [-0.39, 0.29) is 4.47 Å². The molecule has 0 spiro atoms. The SMILES string of the molecule is N[C@H](c1ccc(Br)cc1F)C(F)(F)C(F)(F)F. The van der Waals surface area contributed by atoms with Gasteiger partial charge in [0.1, 0.15) is 11.9 Å². The van der Waals surface area contributed by atoms with Crippen molar-refractivity contribution in [3.63, 3.8) is 0 Å². The number of halogens is 7. The highest BCUT2D eigenvalue weighted by atomic mass is 79.9. The lowest BCUT2D eigenvalue weighted by molar-refractivity contribution is -0.291. The average Bonchev–Trinajstić information content (AvgIpc) is 2.14. The van der Waals surface area contributed by atoms with Crippen LogP contribution in [-0.2, 0) is 0 Å². The average molecular weight is 322 g/mol. The lowest BCUT2D eigenvalue weighted by Crippen LogP contribution is -2.46. The van der Waals surface area contributed by atoms with Crippen molar-refractivity contribution in [2.75, 3.05) is 0 Å². The molecule has 0 aromatic heterocycles. The van der Waals surface area contributed by atoms with Crippen LogP contribution in [0, 0.1) is 5.82 Å². The molecule has 0 aliphatic carbocycles. The summed E-state index contributed by atoms with van der Waals surface area (Å²) in [6.45, 7) is 0. The van der Waals surface area contributed by atoms with Crippen LogP contribution in [0.15, 0.2) is 22.7 Å². The lowest BCUT2D eigenvalue weighted by atomic mass is 10.0. The van der Waals surface area contributed by atoms with Crippen molar-refractivity contribution in [3.05, 3.63) is 34.1 Å². The van der Waals surface area contributed by atoms with E-state index in [2.05, 4.69) is 15.9 Å². The second-order valence-corrected chi connectivity index (χ2v) is 4.18. The molecule has 0 saturated heterocycles. The molecule has 0 aliphatic heterocycles. The molecule has 0 saturated carbocycles. The quantitative estimate of drug-likeness (QED) is 0.824. The fourth-order valence-corrected chi connectivity index (χ4v) is 1.46. The van der Waals surface area contributed by atoms with Gasteiger partial charge in [-0.2, -0.15) is 22.0 Å². The smallest absolute Gasteiger partial charge is 0.319 e. The maximum atomic E-state index is 13.2. The minimum atomic E-state index is -5.83. The summed E-state index contributed by atoms with van der Waals surface area (Å²) < 4.78 is 75.2. The Kier molecular flexibility index (Phi) is 3.78. The van der Waals surface area contributed by atoms with Crippen LogP contribution in [0.1, 0.15) is 11.6 Å². The van der Waals surface area contributed by atoms with E-state index in [4.69, 9.17) is 5.73 Å². The minimum absolute atomic E-state index is 0.210. The van der Waals surface area contributed by atoms with E-state index >= 15 is 0 Å². The molecule has 0 unspecified atom stereocenters. The van der Waals surface area contributed by atoms with Crippen LogP contribution in [0.2, 0.25) is 0 Å². The predicted octanol–water partition coefficient (Wildman–Crippen LogP) is 3.79. The van der Waals surface area contributed by atoms with Gasteiger partial charge in [-0.25, -0.2) is 4.39 Å². The summed E-state index contributed by atoms with van der Waals surface area (Å²) in [5.74, 6) is -6.42. The Labute approximate surface area is 101 Å². The first-order valence-corrected chi connectivity index (χ1v) is 5.01. The van der Waals surface area contributed by atoms with Gasteiger partial charge in [0.2, 0.25) is 0 Å². The molecule has 2 N–H and O–H groups in total. The summed E-state index contributed by atoms with van der Waals surface area (Å²) in [5, 5.41) is 0. The van der Waals surface area contributed by atoms with Gasteiger partial charge in [-0.1, -0.05) is 22.0 Å². The maximum absolute atomic E-state index is 13.2. The van der Waals surface area contributed by atoms with Crippen LogP contribution >= 0.6 is 15.9 Å². The number of benzene rings is 1. The maximum Gasteiger partial charge on any atom is 0.455 e. The number of alkyl halides is 5. The molecule has 0 fully saturated rings. The molecule has 1 rings (SSSR count). The van der Waals surface area contributed by atoms with Gasteiger partial charge >= 0.3 is 12.1 Å². The fraction of sp³-hybridized carbons (Fsp3) is 0.333. The van der Waals surface area contributed by atoms with E-state index in [9.17, 15) is 26.3 Å². The second kappa shape index (κ2) is 4.49. The number of hydrogen-bond donors (Lipinski definition) is 1. The van der Waals surface area contributed by atoms with E-state index in [1.807, 2.05) is 0 Å². The third kappa shape index (κ3) is 2.74. The molecule has 0 amide bonds. The molecule has 0 aliphatic rings. The molecule has 0 bridgehead atoms. The van der Waals surface area contributed by atoms with Gasteiger partial charge in [0.25, 0.3) is 0 Å². The molecule has 1 nitrogen and oxygen atoms in total. The van der Waals surface area contributed by atoms with E-state index < -0.39 is 29.5 Å². The number of nitrogens with two attached hydrogens (primary N) is 1. The Morgan fingerprint density at radius 1 is 1.12 bits per heavy atom. The molecule has 8 heteroatoms. The monoisotopic (exact) mass is 321 g/mol. The van der Waals surface area contributed by atoms with Gasteiger partial charge in [-0.15, -0.1) is 0 Å². The van der Waals surface area contributed by atoms with Crippen molar-refractivity contribution in [2.45, 2.75) is 18.1 Å². The predicted molar refractivity (Wildman–Crippen MR) is 52.0 cm³/mol. The van der Waals surface area contributed by atoms with E-state index in [1.165, 1.54) is 0 Å². The van der Waals surface area contributed by atoms with E-state index in [0.717, 1.165) is 18.2 Å². The fourth-order valence-electron chi connectivity index (χ4n) is 1.13. The molecule has 17 heavy (non-hydrogen) atoms. The normalized spacial score (nSPS) is 14.8. The molecule has 1 atom stereocenters. The zero-order valence-corrected chi connectivity index (χ0v) is 9.62. The first-order chi connectivity index (χ1) is 7.57. The van der Waals surface area contributed by atoms with Crippen LogP contribution in [0.3, 0.4) is 0 Å². The van der Waals surface area contributed by atoms with Crippen LogP contribution in [-0.4, -0.2) is 12.1 Å². The zero-order chi connectivity index (χ0) is 13.4. The van der Waals surface area contributed by atoms with Crippen LogP contribution in [0.5, 0.6) is 0 Å². The summed E-state index contributed by atoms with van der Waals surface area (Å²) in [6.07, 6.45) is -5.83. The van der Waals surface area contributed by atoms with Crippen LogP contribution < -0.4 is 5.73 Å². The summed E-state index contributed by atoms with van der Waals surface area (Å²) in [7, 11) is 0. The Morgan fingerprint density at radius 2 is 1.65 bits per heavy atom. The largest absolute Gasteiger partial charge is 0.455 e. The first kappa shape index (κ1) is 14.3. The summed E-state index contributed by atoms with van der Waals surface area (Å²) in [4.78, 5) is 0. The molecule has 96 valence electrons. The molecule has 0 radical (unpaired) electrons. The van der Waals surface area contributed by atoms with E-state index in [0.29, 0.717) is 0 Å². The Hall–Kier alpha value is -0.760. The summed E-state index contributed by atoms with van der Waals surface area (Å²) in [6, 6.07) is -0.105. The summed E-state index contributed by atoms with van der Waals surface area (Å²) in [5.41, 5.74) is 3.89. The highest BCUT2D eigenvalue weighted by molar-refractivity contribution is 9.10. The van der Waals surface area contributed by atoms with Crippen molar-refractivity contribution in [1.82, 2.24) is 0 Å². The van der Waals surface area contributed by atoms with Gasteiger partial charge < -0.3 is 5.73 Å². The Bertz CT molecular complexity index is 416. The second-order valence-electron chi connectivity index (χ2n) is 3.26. The van der Waals surface area contributed by atoms with Gasteiger partial charge in [0, 0.05) is 10.0 Å². The van der Waals surface area contributed by atoms with Gasteiger partial charge in [-0.3, -0.25) is 0 Å². The molecule has 1 aromatic carbocycles. The molecule has 1 aromatic rings. The molecular formula is C9H6BrF6N. The standard InChI is InChI=1S/C9H6BrF6N/c10-4-1-2-5(6(11)3-4)7(17)8(12,13)9(14,15)16/h1-3,7H,17H2/t7-/m1/s1. The van der Waals surface area contributed by atoms with E-state index in [1.54, 1.807) is 0 Å². The summed E-state index contributed by atoms with van der Waals surface area (Å²) >= 11 is 2.84. The topological polar surface area (TPSA) is 26.0 Å². The molecular weight excluding hydrogens is 316 g/mol. The van der Waals surface area contributed by atoms with Gasteiger partial charge in [0.05, 0.1) is 0 Å². The molecule has 0 heterocycles. The van der Waals surface area contributed by atoms with Gasteiger partial charge in [-0.05, 0) is 12.1 Å². The lowest BCUT2D eigenvalue weighted by Gasteiger charge is -2.26. The highest BCUT2D eigenvalue weighted by Gasteiger charge is 2.62. The van der Waals surface area contributed by atoms with Crippen molar-refractivity contribution >= 4 is 15.9 Å². The number of hydrogen-bond acceptors (Lipinski definition) is 1. The highest BCUT2D eigenvalue weighted by Crippen LogP contribution is 2.43. The number of rotatable bonds is 2. The third-order valence-corrected chi connectivity index (χ3v) is 2.56. The van der Waals surface area contributed by atoms with Crippen molar-refractivity contribution in [3.8, 4) is 0 Å². The third-order valence-electron chi connectivity index (χ3n) is 2.07. The minimum Gasteiger partial charge on any atom is -0.319 e. The van der Waals surface area contributed by atoms with Crippen LogP contribution in [0.25, 0.3) is 0 Å². The first-order valence-electron chi connectivity index (χ1n) is 4.22. The van der Waals surface area contributed by atoms with Crippen LogP contribution in [0.4, 0.5) is 26.3 Å². The Morgan fingerprint density at radius 3 is 2.06 bits per heavy atom. The van der Waals surface area contributed by atoms with Crippen molar-refractivity contribution in [2.24, 2.45) is 5.73 Å². The van der Waals surface area contributed by atoms with Gasteiger partial charge in [0.15, 0.2) is 0 Å². The van der Waals surface area contributed by atoms with Crippen molar-refractivity contribution in [1.29, 1.82) is 0 Å². The zero-order valence-electron chi connectivity index (χ0n) is 8.03. The van der Waals surface area contributed by atoms with Crippen molar-refractivity contribution < 1.29 is 26.3 Å².